The summed E-state index contributed by atoms with van der Waals surface area (Å²) in [5.41, 5.74) is 8.52. The lowest BCUT2D eigenvalue weighted by molar-refractivity contribution is 0.00235. The number of nitrogens with one attached hydrogen (secondary N) is 1. The van der Waals surface area contributed by atoms with Crippen LogP contribution >= 0.6 is 11.6 Å². The minimum atomic E-state index is -3.93. The molecule has 0 amide bonds. The van der Waals surface area contributed by atoms with Crippen molar-refractivity contribution in [1.82, 2.24) is 0 Å². The lowest BCUT2D eigenvalue weighted by Crippen LogP contribution is -2.16. The SMILES string of the molecule is COc1ccc(NS(=O)(=O)c2ccc(Cl)cc2)c(C(=O)C=[N+]=[N-])c1. The van der Waals surface area contributed by atoms with Gasteiger partial charge < -0.3 is 10.3 Å². The van der Waals surface area contributed by atoms with Gasteiger partial charge in [-0.1, -0.05) is 11.6 Å². The van der Waals surface area contributed by atoms with Gasteiger partial charge in [-0.2, -0.15) is 4.79 Å². The third kappa shape index (κ3) is 3.99. The van der Waals surface area contributed by atoms with Crippen molar-refractivity contribution in [2.75, 3.05) is 11.8 Å². The Hall–Kier alpha value is -2.67. The van der Waals surface area contributed by atoms with Crippen LogP contribution in [0.3, 0.4) is 0 Å². The average molecular weight is 366 g/mol. The zero-order valence-electron chi connectivity index (χ0n) is 12.4. The Labute approximate surface area is 143 Å². The first-order valence-corrected chi connectivity index (χ1v) is 8.41. The van der Waals surface area contributed by atoms with Crippen molar-refractivity contribution in [1.29, 1.82) is 0 Å². The molecule has 0 atom stereocenters. The van der Waals surface area contributed by atoms with Crippen LogP contribution in [-0.2, 0) is 10.0 Å². The second-order valence-corrected chi connectivity index (χ2v) is 6.70. The van der Waals surface area contributed by atoms with Crippen LogP contribution in [0.5, 0.6) is 5.75 Å². The van der Waals surface area contributed by atoms with Gasteiger partial charge >= 0.3 is 6.21 Å². The third-order valence-electron chi connectivity index (χ3n) is 3.04. The van der Waals surface area contributed by atoms with Crippen LogP contribution in [0.15, 0.2) is 47.4 Å². The number of methoxy groups -OCH3 is 1. The number of hydrogen-bond acceptors (Lipinski definition) is 4. The molecule has 2 aromatic rings. The zero-order valence-corrected chi connectivity index (χ0v) is 14.0. The summed E-state index contributed by atoms with van der Waals surface area (Å²) < 4.78 is 32.2. The summed E-state index contributed by atoms with van der Waals surface area (Å²) >= 11 is 5.74. The molecule has 1 N–H and O–H groups in total. The summed E-state index contributed by atoms with van der Waals surface area (Å²) in [4.78, 5) is 14.6. The Morgan fingerprint density at radius 3 is 2.50 bits per heavy atom. The van der Waals surface area contributed by atoms with Crippen LogP contribution in [0.2, 0.25) is 5.02 Å². The minimum Gasteiger partial charge on any atom is -0.497 e. The Balaban J connectivity index is 2.46. The molecule has 2 aromatic carbocycles. The number of anilines is 1. The predicted octanol–water partition coefficient (Wildman–Crippen LogP) is 2.63. The highest BCUT2D eigenvalue weighted by Gasteiger charge is 2.20. The van der Waals surface area contributed by atoms with Crippen molar-refractivity contribution in [2.24, 2.45) is 0 Å². The molecular weight excluding hydrogens is 354 g/mol. The van der Waals surface area contributed by atoms with Gasteiger partial charge in [-0.15, -0.1) is 0 Å². The van der Waals surface area contributed by atoms with E-state index >= 15 is 0 Å². The molecular formula is C15H12ClN3O4S. The summed E-state index contributed by atoms with van der Waals surface area (Å²) in [7, 11) is -2.53. The lowest BCUT2D eigenvalue weighted by atomic mass is 10.1. The quantitative estimate of drug-likeness (QED) is 0.367. The number of benzene rings is 2. The first kappa shape index (κ1) is 17.7. The van der Waals surface area contributed by atoms with Gasteiger partial charge in [-0.25, -0.2) is 8.42 Å². The maximum absolute atomic E-state index is 12.4. The first-order chi connectivity index (χ1) is 11.4. The van der Waals surface area contributed by atoms with E-state index < -0.39 is 15.8 Å². The Kier molecular flexibility index (Phi) is 5.35. The van der Waals surface area contributed by atoms with E-state index in [4.69, 9.17) is 21.9 Å². The number of nitrogens with zero attached hydrogens (tertiary/aromatic N) is 2. The maximum atomic E-state index is 12.4. The standard InChI is InChI=1S/C15H12ClN3O4S/c1-23-11-4-7-14(13(8-11)15(20)9-18-17)19-24(21,22)12-5-2-10(16)3-6-12/h2-9,19H,1H3. The van der Waals surface area contributed by atoms with Crippen LogP contribution in [0.25, 0.3) is 5.53 Å². The second-order valence-electron chi connectivity index (χ2n) is 4.58. The molecule has 0 fully saturated rings. The van der Waals surface area contributed by atoms with Gasteiger partial charge in [0.2, 0.25) is 0 Å². The summed E-state index contributed by atoms with van der Waals surface area (Å²) in [5, 5.41) is 0.397. The number of halogens is 1. The second kappa shape index (κ2) is 7.27. The van der Waals surface area contributed by atoms with E-state index in [1.54, 1.807) is 0 Å². The van der Waals surface area contributed by atoms with Crippen LogP contribution < -0.4 is 9.46 Å². The zero-order chi connectivity index (χ0) is 17.7. The van der Waals surface area contributed by atoms with Gasteiger partial charge in [-0.05, 0) is 42.5 Å². The van der Waals surface area contributed by atoms with E-state index in [1.165, 1.54) is 49.6 Å². The van der Waals surface area contributed by atoms with Crippen molar-refractivity contribution in [3.8, 4) is 5.75 Å². The predicted molar refractivity (Wildman–Crippen MR) is 89.3 cm³/mol. The lowest BCUT2D eigenvalue weighted by Gasteiger charge is -2.12. The number of ketones is 1. The maximum Gasteiger partial charge on any atom is 0.328 e. The molecule has 2 rings (SSSR count). The van der Waals surface area contributed by atoms with E-state index in [9.17, 15) is 13.2 Å². The van der Waals surface area contributed by atoms with Gasteiger partial charge in [0, 0.05) is 5.02 Å². The highest BCUT2D eigenvalue weighted by atomic mass is 35.5. The molecule has 9 heteroatoms. The Morgan fingerprint density at radius 2 is 1.92 bits per heavy atom. The van der Waals surface area contributed by atoms with Crippen LogP contribution in [0.4, 0.5) is 5.69 Å². The molecule has 0 heterocycles. The van der Waals surface area contributed by atoms with E-state index in [0.717, 1.165) is 0 Å². The molecule has 0 spiro atoms. The number of ether oxygens (including phenoxy) is 1. The fourth-order valence-corrected chi connectivity index (χ4v) is 3.09. The summed E-state index contributed by atoms with van der Waals surface area (Å²) in [6.45, 7) is 0. The number of Topliss-reactive ketones (excluding diaryl/α,β-unsaturated/α-hetero) is 1. The number of sulfonamides is 1. The van der Waals surface area contributed by atoms with Gasteiger partial charge in [0.15, 0.2) is 0 Å². The molecule has 0 aliphatic carbocycles. The monoisotopic (exact) mass is 365 g/mol. The molecule has 24 heavy (non-hydrogen) atoms. The largest absolute Gasteiger partial charge is 0.497 e. The van der Waals surface area contributed by atoms with E-state index in [2.05, 4.69) is 9.51 Å². The molecule has 0 bridgehead atoms. The summed E-state index contributed by atoms with van der Waals surface area (Å²) in [6, 6.07) is 9.76. The van der Waals surface area contributed by atoms with E-state index in [1.807, 2.05) is 0 Å². The van der Waals surface area contributed by atoms with Crippen LogP contribution in [0, 0.1) is 0 Å². The van der Waals surface area contributed by atoms with Crippen molar-refractivity contribution in [3.63, 3.8) is 0 Å². The normalized spacial score (nSPS) is 10.6. The summed E-state index contributed by atoms with van der Waals surface area (Å²) in [6.07, 6.45) is 0.662. The van der Waals surface area contributed by atoms with Gasteiger partial charge in [0.25, 0.3) is 15.8 Å². The molecule has 0 radical (unpaired) electrons. The third-order valence-corrected chi connectivity index (χ3v) is 4.67. The molecule has 0 saturated heterocycles. The van der Waals surface area contributed by atoms with Gasteiger partial charge in [-0.3, -0.25) is 9.52 Å². The minimum absolute atomic E-state index is 0.0167. The number of rotatable bonds is 6. The molecule has 0 saturated carbocycles. The molecule has 0 aromatic heterocycles. The fraction of sp³-hybridized carbons (Fsp3) is 0.0667. The van der Waals surface area contributed by atoms with E-state index in [-0.39, 0.29) is 16.1 Å². The van der Waals surface area contributed by atoms with Crippen molar-refractivity contribution < 1.29 is 22.7 Å². The van der Waals surface area contributed by atoms with Crippen LogP contribution in [0.1, 0.15) is 10.4 Å². The van der Waals surface area contributed by atoms with Crippen LogP contribution in [-0.4, -0.2) is 32.3 Å². The highest BCUT2D eigenvalue weighted by Crippen LogP contribution is 2.25. The molecule has 0 aliphatic rings. The smallest absolute Gasteiger partial charge is 0.328 e. The van der Waals surface area contributed by atoms with Crippen molar-refractivity contribution in [2.45, 2.75) is 4.90 Å². The number of carbonyl (C=O) groups excluding carboxylic acids is 1. The van der Waals surface area contributed by atoms with E-state index in [0.29, 0.717) is 17.0 Å². The first-order valence-electron chi connectivity index (χ1n) is 6.55. The molecule has 124 valence electrons. The molecule has 7 nitrogen and oxygen atoms in total. The molecule has 0 aliphatic heterocycles. The van der Waals surface area contributed by atoms with Gasteiger partial charge in [0.1, 0.15) is 5.75 Å². The number of carbonyl (C=O) groups is 1. The van der Waals surface area contributed by atoms with Crippen molar-refractivity contribution in [3.05, 3.63) is 58.6 Å². The summed E-state index contributed by atoms with van der Waals surface area (Å²) in [5.74, 6) is -0.343. The highest BCUT2D eigenvalue weighted by molar-refractivity contribution is 7.92. The average Bonchev–Trinajstić information content (AvgIpc) is 2.55. The number of hydrogen-bond donors (Lipinski definition) is 1. The fourth-order valence-electron chi connectivity index (χ4n) is 1.88. The van der Waals surface area contributed by atoms with Crippen molar-refractivity contribution >= 4 is 39.3 Å². The molecule has 0 unspecified atom stereocenters. The Morgan fingerprint density at radius 1 is 1.25 bits per heavy atom. The van der Waals surface area contributed by atoms with Gasteiger partial charge in [0.05, 0.1) is 23.3 Å². The Bertz CT molecular complexity index is 920. The topological polar surface area (TPSA) is 109 Å².